The van der Waals surface area contributed by atoms with Crippen molar-refractivity contribution in [2.24, 2.45) is 11.5 Å². The first kappa shape index (κ1) is 15.4. The molecule has 19 heavy (non-hydrogen) atoms. The summed E-state index contributed by atoms with van der Waals surface area (Å²) >= 11 is 0. The van der Waals surface area contributed by atoms with Gasteiger partial charge in [0.15, 0.2) is 0 Å². The molecule has 2 atom stereocenters. The maximum absolute atomic E-state index is 11.7. The highest BCUT2D eigenvalue weighted by Gasteiger charge is 2.23. The zero-order valence-corrected chi connectivity index (χ0v) is 10.6. The summed E-state index contributed by atoms with van der Waals surface area (Å²) in [5, 5.41) is 14.7. The highest BCUT2D eigenvalue weighted by Crippen LogP contribution is 2.02. The van der Waals surface area contributed by atoms with E-state index in [9.17, 15) is 14.4 Å². The van der Waals surface area contributed by atoms with Crippen molar-refractivity contribution < 1.29 is 24.6 Å². The highest BCUT2D eigenvalue weighted by atomic mass is 16.4. The number of amides is 1. The van der Waals surface area contributed by atoms with Crippen LogP contribution in [0, 0.1) is 0 Å². The van der Waals surface area contributed by atoms with E-state index in [0.29, 0.717) is 19.4 Å². The van der Waals surface area contributed by atoms with Gasteiger partial charge in [-0.3, -0.25) is 9.59 Å². The third-order valence-electron chi connectivity index (χ3n) is 2.55. The van der Waals surface area contributed by atoms with Crippen LogP contribution in [0.3, 0.4) is 0 Å². The molecular formula is C11H21N3O5. The molecule has 0 radical (unpaired) electrons. The summed E-state index contributed by atoms with van der Waals surface area (Å²) in [5.74, 6) is -2.59. The predicted molar refractivity (Wildman–Crippen MR) is 67.3 cm³/mol. The van der Waals surface area contributed by atoms with Crippen molar-refractivity contribution in [2.45, 2.75) is 44.2 Å². The average molecular weight is 276 g/mol. The maximum Gasteiger partial charge on any atom is 0.326 e. The van der Waals surface area contributed by atoms with E-state index in [-0.39, 0.29) is 19.3 Å². The molecule has 8 nitrogen and oxygen atoms in total. The fourth-order valence-corrected chi connectivity index (χ4v) is 1.43. The van der Waals surface area contributed by atoms with Gasteiger partial charge in [0.2, 0.25) is 5.91 Å². The van der Waals surface area contributed by atoms with Crippen molar-refractivity contribution in [2.75, 3.05) is 6.54 Å². The molecule has 0 aromatic rings. The van der Waals surface area contributed by atoms with Gasteiger partial charge in [0.1, 0.15) is 6.04 Å². The number of carboxylic acid groups (broad SMARTS) is 2. The number of rotatable bonds is 10. The van der Waals surface area contributed by atoms with Gasteiger partial charge in [-0.15, -0.1) is 0 Å². The number of nitrogens with one attached hydrogen (secondary N) is 1. The quantitative estimate of drug-likeness (QED) is 0.316. The molecule has 0 saturated carbocycles. The van der Waals surface area contributed by atoms with Gasteiger partial charge in [0.25, 0.3) is 1.43 Å². The average Bonchev–Trinajstić information content (AvgIpc) is 2.42. The van der Waals surface area contributed by atoms with Crippen molar-refractivity contribution in [1.29, 1.82) is 1.43 Å². The number of carboxylic acids is 2. The van der Waals surface area contributed by atoms with E-state index >= 15 is 0 Å². The lowest BCUT2D eigenvalue weighted by atomic mass is 10.1. The molecule has 0 aliphatic heterocycles. The van der Waals surface area contributed by atoms with Gasteiger partial charge in [-0.1, -0.05) is 0 Å². The van der Waals surface area contributed by atoms with Gasteiger partial charge >= 0.3 is 11.9 Å². The third kappa shape index (κ3) is 8.11. The summed E-state index contributed by atoms with van der Waals surface area (Å²) in [5.41, 5.74) is 10.8. The van der Waals surface area contributed by atoms with Crippen LogP contribution in [0.25, 0.3) is 1.43 Å². The Morgan fingerprint density at radius 2 is 1.95 bits per heavy atom. The molecular weight excluding hydrogens is 254 g/mol. The first-order chi connectivity index (χ1) is 9.42. The summed E-state index contributed by atoms with van der Waals surface area (Å²) in [4.78, 5) is 33.4. The first-order valence-corrected chi connectivity index (χ1v) is 6.07. The van der Waals surface area contributed by atoms with E-state index in [1.807, 2.05) is 0 Å². The number of carbonyl (C=O) groups is 3. The lowest BCUT2D eigenvalue weighted by molar-refractivity contribution is -0.142. The first-order valence-electron chi connectivity index (χ1n) is 6.48. The predicted octanol–water partition coefficient (Wildman–Crippen LogP) is -1.12. The smallest absolute Gasteiger partial charge is 0.326 e. The van der Waals surface area contributed by atoms with E-state index in [0.717, 1.165) is 0 Å². The Morgan fingerprint density at radius 1 is 1.26 bits per heavy atom. The van der Waals surface area contributed by atoms with Crippen LogP contribution in [0.15, 0.2) is 0 Å². The monoisotopic (exact) mass is 276 g/mol. The minimum atomic E-state index is -1.06. The molecule has 0 aliphatic carbocycles. The molecule has 0 rings (SSSR count). The lowest BCUT2D eigenvalue weighted by Crippen LogP contribution is -2.48. The lowest BCUT2D eigenvalue weighted by Gasteiger charge is -2.17. The Hall–Kier alpha value is -1.67. The van der Waals surface area contributed by atoms with Crippen LogP contribution in [0.1, 0.15) is 32.1 Å². The van der Waals surface area contributed by atoms with E-state index in [1.165, 1.54) is 0 Å². The number of aliphatic carboxylic acids is 2. The molecule has 0 spiro atoms. The molecule has 0 aromatic carbocycles. The van der Waals surface area contributed by atoms with Crippen molar-refractivity contribution >= 4 is 17.8 Å². The van der Waals surface area contributed by atoms with Gasteiger partial charge in [-0.2, -0.15) is 0 Å². The molecule has 8 heteroatoms. The molecule has 0 bridgehead atoms. The fraction of sp³-hybridized carbons (Fsp3) is 0.727. The molecule has 0 heterocycles. The summed E-state index contributed by atoms with van der Waals surface area (Å²) in [6.45, 7) is 0.453. The number of nitrogens with two attached hydrogens (primary N) is 2. The minimum Gasteiger partial charge on any atom is -0.481 e. The van der Waals surface area contributed by atoms with Gasteiger partial charge in [0, 0.05) is 6.42 Å². The van der Waals surface area contributed by atoms with Crippen LogP contribution in [0.2, 0.25) is 0 Å². The normalized spacial score (nSPS) is 14.1. The number of hydrogen-bond acceptors (Lipinski definition) is 6. The molecule has 0 fully saturated rings. The Morgan fingerprint density at radius 3 is 2.47 bits per heavy atom. The fourth-order valence-electron chi connectivity index (χ4n) is 1.43. The Labute approximate surface area is 112 Å². The summed E-state index contributed by atoms with van der Waals surface area (Å²) < 4.78 is 6.57. The summed E-state index contributed by atoms with van der Waals surface area (Å²) in [7, 11) is 0. The summed E-state index contributed by atoms with van der Waals surface area (Å²) in [6, 6.07) is -2.00. The van der Waals surface area contributed by atoms with Crippen LogP contribution in [0.4, 0.5) is 0 Å². The van der Waals surface area contributed by atoms with Gasteiger partial charge in [-0.05, 0) is 32.2 Å². The largest absolute Gasteiger partial charge is 0.481 e. The Balaban J connectivity index is 4.36. The van der Waals surface area contributed by atoms with E-state index in [2.05, 4.69) is 10.4 Å². The van der Waals surface area contributed by atoms with Crippen LogP contribution < -0.4 is 16.8 Å². The molecule has 7 N–H and O–H groups in total. The topological polar surface area (TPSA) is 156 Å². The zero-order chi connectivity index (χ0) is 15.5. The zero-order valence-electron chi connectivity index (χ0n) is 11.6. The van der Waals surface area contributed by atoms with E-state index in [1.54, 1.807) is 0 Å². The Bertz CT molecular complexity index is 340. The maximum atomic E-state index is 11.7. The number of hydrogen-bond donors (Lipinski definition) is 5. The van der Waals surface area contributed by atoms with Gasteiger partial charge in [0.05, 0.1) is 6.04 Å². The molecule has 0 aromatic heterocycles. The number of carbonyl (C=O) groups excluding carboxylic acids is 1. The van der Waals surface area contributed by atoms with Crippen LogP contribution >= 0.6 is 0 Å². The minimum absolute atomic E-state index is 0.0351. The van der Waals surface area contributed by atoms with Crippen molar-refractivity contribution in [3.05, 3.63) is 0 Å². The van der Waals surface area contributed by atoms with Gasteiger partial charge < -0.3 is 27.0 Å². The van der Waals surface area contributed by atoms with E-state index in [4.69, 9.17) is 18.0 Å². The molecule has 0 aliphatic rings. The molecule has 0 saturated heterocycles. The molecule has 1 amide bonds. The van der Waals surface area contributed by atoms with Crippen LogP contribution in [-0.4, -0.2) is 46.7 Å². The number of unbranched alkanes of at least 4 members (excludes halogenated alkanes) is 1. The second-order valence-corrected chi connectivity index (χ2v) is 4.20. The second kappa shape index (κ2) is 9.29. The highest BCUT2D eigenvalue weighted by molar-refractivity contribution is 5.87. The van der Waals surface area contributed by atoms with Crippen molar-refractivity contribution in [3.63, 3.8) is 0 Å². The third-order valence-corrected chi connectivity index (χ3v) is 2.55. The summed E-state index contributed by atoms with van der Waals surface area (Å²) in [6.07, 6.45) is 1.26. The van der Waals surface area contributed by atoms with Crippen LogP contribution in [-0.2, 0) is 14.4 Å². The standard InChI is InChI=1S/C11H21N3O5/c12-6-2-1-3-8(11(18)19)14-10(17)7(13)4-5-9(15)16/h7-8H,1-6,12-13H2,(H,14,17)(H,15,16)(H,18,19)/t7-,8-/m0/s1/i/hD. The van der Waals surface area contributed by atoms with Crippen LogP contribution in [0.5, 0.6) is 0 Å². The van der Waals surface area contributed by atoms with E-state index < -0.39 is 29.9 Å². The molecule has 0 unspecified atom stereocenters. The Kier molecular flexibility index (Phi) is 7.52. The molecule has 110 valence electrons. The van der Waals surface area contributed by atoms with Crippen molar-refractivity contribution in [3.8, 4) is 0 Å². The SMILES string of the molecule is [2H]OC(=O)[C@H](CCCCN)NC(=O)[C@@H](N)CCC(=O)O. The van der Waals surface area contributed by atoms with Gasteiger partial charge in [-0.25, -0.2) is 4.79 Å². The van der Waals surface area contributed by atoms with Crippen molar-refractivity contribution in [1.82, 2.24) is 5.32 Å². The second-order valence-electron chi connectivity index (χ2n) is 4.20.